The molecule has 0 bridgehead atoms. The number of sulfonamides is 1. The first kappa shape index (κ1) is 20.9. The number of rotatable bonds is 5. The zero-order valence-corrected chi connectivity index (χ0v) is 16.5. The van der Waals surface area contributed by atoms with Gasteiger partial charge in [0, 0.05) is 19.2 Å². The molecular formula is C19H20FN3O5S. The molecule has 2 aromatic rings. The van der Waals surface area contributed by atoms with Crippen molar-refractivity contribution >= 4 is 27.3 Å². The summed E-state index contributed by atoms with van der Waals surface area (Å²) >= 11 is 0. The summed E-state index contributed by atoms with van der Waals surface area (Å²) in [4.78, 5) is 23.2. The van der Waals surface area contributed by atoms with Gasteiger partial charge in [0.15, 0.2) is 0 Å². The molecule has 1 aliphatic rings. The van der Waals surface area contributed by atoms with Crippen LogP contribution in [0.1, 0.15) is 18.4 Å². The second-order valence-electron chi connectivity index (χ2n) is 6.85. The molecule has 1 amide bonds. The number of nitrogens with zero attached hydrogens (tertiary/aromatic N) is 2. The summed E-state index contributed by atoms with van der Waals surface area (Å²) < 4.78 is 39.9. The number of nitrogens with one attached hydrogen (secondary N) is 1. The standard InChI is InChI=1S/C19H20FN3O5S/c1-13-17(5-2-6-18(13)23(25)26)21-19(24)14-4-3-11-22(12-14)29(27,28)16-9-7-15(20)8-10-16/h2,5-10,14H,3-4,11-12H2,1H3,(H,21,24)/t14-/m1/s1. The van der Waals surface area contributed by atoms with Gasteiger partial charge in [0.1, 0.15) is 5.82 Å². The highest BCUT2D eigenvalue weighted by Gasteiger charge is 2.33. The highest BCUT2D eigenvalue weighted by molar-refractivity contribution is 7.89. The molecule has 0 spiro atoms. The van der Waals surface area contributed by atoms with Crippen molar-refractivity contribution in [2.45, 2.75) is 24.7 Å². The van der Waals surface area contributed by atoms with E-state index in [4.69, 9.17) is 0 Å². The second-order valence-corrected chi connectivity index (χ2v) is 8.79. The van der Waals surface area contributed by atoms with Crippen LogP contribution in [0.3, 0.4) is 0 Å². The molecule has 0 saturated carbocycles. The fourth-order valence-electron chi connectivity index (χ4n) is 3.32. The minimum absolute atomic E-state index is 0.0144. The molecule has 1 aliphatic heterocycles. The van der Waals surface area contributed by atoms with E-state index in [1.54, 1.807) is 13.0 Å². The van der Waals surface area contributed by atoms with Gasteiger partial charge in [-0.15, -0.1) is 0 Å². The number of carbonyl (C=O) groups excluding carboxylic acids is 1. The van der Waals surface area contributed by atoms with Crippen LogP contribution in [0.25, 0.3) is 0 Å². The maximum atomic E-state index is 13.1. The summed E-state index contributed by atoms with van der Waals surface area (Å²) in [6.07, 6.45) is 0.988. The van der Waals surface area contributed by atoms with E-state index in [9.17, 15) is 27.7 Å². The largest absolute Gasteiger partial charge is 0.325 e. The summed E-state index contributed by atoms with van der Waals surface area (Å²) in [6.45, 7) is 1.79. The van der Waals surface area contributed by atoms with E-state index in [1.165, 1.54) is 28.6 Å². The molecule has 8 nitrogen and oxygen atoms in total. The first-order valence-corrected chi connectivity index (χ1v) is 10.4. The average molecular weight is 421 g/mol. The lowest BCUT2D eigenvalue weighted by atomic mass is 9.98. The van der Waals surface area contributed by atoms with Crippen LogP contribution in [0.5, 0.6) is 0 Å². The van der Waals surface area contributed by atoms with E-state index in [-0.39, 0.29) is 23.7 Å². The Hall–Kier alpha value is -2.85. The van der Waals surface area contributed by atoms with Crippen LogP contribution < -0.4 is 5.32 Å². The van der Waals surface area contributed by atoms with Gasteiger partial charge in [-0.3, -0.25) is 14.9 Å². The number of nitro groups is 1. The lowest BCUT2D eigenvalue weighted by Gasteiger charge is -2.31. The Balaban J connectivity index is 1.75. The van der Waals surface area contributed by atoms with Crippen LogP contribution in [0.15, 0.2) is 47.4 Å². The maximum absolute atomic E-state index is 13.1. The zero-order valence-electron chi connectivity index (χ0n) is 15.7. The summed E-state index contributed by atoms with van der Waals surface area (Å²) in [5, 5.41) is 13.7. The Morgan fingerprint density at radius 2 is 1.93 bits per heavy atom. The van der Waals surface area contributed by atoms with Crippen LogP contribution in [-0.4, -0.2) is 36.6 Å². The quantitative estimate of drug-likeness (QED) is 0.589. The van der Waals surface area contributed by atoms with Crippen molar-refractivity contribution in [3.8, 4) is 0 Å². The molecule has 2 aromatic carbocycles. The third-order valence-corrected chi connectivity index (χ3v) is 6.85. The van der Waals surface area contributed by atoms with Gasteiger partial charge in [0.2, 0.25) is 15.9 Å². The Morgan fingerprint density at radius 1 is 1.24 bits per heavy atom. The Bertz CT molecular complexity index is 1040. The number of anilines is 1. The van der Waals surface area contributed by atoms with Crippen LogP contribution >= 0.6 is 0 Å². The summed E-state index contributed by atoms with van der Waals surface area (Å²) in [6, 6.07) is 8.94. The lowest BCUT2D eigenvalue weighted by Crippen LogP contribution is -2.43. The molecule has 0 aliphatic carbocycles. The van der Waals surface area contributed by atoms with E-state index >= 15 is 0 Å². The molecule has 1 N–H and O–H groups in total. The molecule has 10 heteroatoms. The monoisotopic (exact) mass is 421 g/mol. The van der Waals surface area contributed by atoms with Crippen LogP contribution in [-0.2, 0) is 14.8 Å². The molecule has 1 fully saturated rings. The predicted molar refractivity (Wildman–Crippen MR) is 104 cm³/mol. The van der Waals surface area contributed by atoms with Gasteiger partial charge in [-0.1, -0.05) is 6.07 Å². The maximum Gasteiger partial charge on any atom is 0.274 e. The molecule has 1 atom stereocenters. The highest BCUT2D eigenvalue weighted by Crippen LogP contribution is 2.28. The summed E-state index contributed by atoms with van der Waals surface area (Å²) in [5.74, 6) is -1.53. The van der Waals surface area contributed by atoms with Crippen molar-refractivity contribution < 1.29 is 22.5 Å². The Labute approximate surface area is 167 Å². The fraction of sp³-hybridized carbons (Fsp3) is 0.316. The van der Waals surface area contributed by atoms with Crippen molar-refractivity contribution in [1.82, 2.24) is 4.31 Å². The van der Waals surface area contributed by atoms with Crippen LogP contribution in [0.4, 0.5) is 15.8 Å². The number of hydrogen-bond acceptors (Lipinski definition) is 5. The smallest absolute Gasteiger partial charge is 0.274 e. The van der Waals surface area contributed by atoms with Gasteiger partial charge in [0.05, 0.1) is 27.0 Å². The average Bonchev–Trinajstić information content (AvgIpc) is 2.69. The number of piperidine rings is 1. The molecule has 0 radical (unpaired) electrons. The number of benzene rings is 2. The van der Waals surface area contributed by atoms with Crippen LogP contribution in [0.2, 0.25) is 0 Å². The van der Waals surface area contributed by atoms with Crippen molar-refractivity contribution in [3.63, 3.8) is 0 Å². The van der Waals surface area contributed by atoms with Crippen molar-refractivity contribution in [1.29, 1.82) is 0 Å². The van der Waals surface area contributed by atoms with E-state index in [0.717, 1.165) is 12.1 Å². The van der Waals surface area contributed by atoms with Gasteiger partial charge in [-0.05, 0) is 50.1 Å². The molecule has 1 heterocycles. The number of hydrogen-bond donors (Lipinski definition) is 1. The minimum atomic E-state index is -3.85. The Kier molecular flexibility index (Phi) is 5.94. The SMILES string of the molecule is Cc1c(NC(=O)[C@@H]2CCCN(S(=O)(=O)c3ccc(F)cc3)C2)cccc1[N+](=O)[O-]. The topological polar surface area (TPSA) is 110 Å². The second kappa shape index (κ2) is 8.26. The lowest BCUT2D eigenvalue weighted by molar-refractivity contribution is -0.385. The zero-order chi connectivity index (χ0) is 21.2. The van der Waals surface area contributed by atoms with Gasteiger partial charge in [0.25, 0.3) is 5.69 Å². The number of halogens is 1. The number of carbonyl (C=O) groups is 1. The van der Waals surface area contributed by atoms with E-state index < -0.39 is 32.6 Å². The molecular weight excluding hydrogens is 401 g/mol. The van der Waals surface area contributed by atoms with Crippen molar-refractivity contribution in [2.24, 2.45) is 5.92 Å². The van der Waals surface area contributed by atoms with Crippen molar-refractivity contribution in [2.75, 3.05) is 18.4 Å². The Morgan fingerprint density at radius 3 is 2.59 bits per heavy atom. The molecule has 29 heavy (non-hydrogen) atoms. The summed E-state index contributed by atoms with van der Waals surface area (Å²) in [7, 11) is -3.85. The fourth-order valence-corrected chi connectivity index (χ4v) is 4.85. The number of nitro benzene ring substituents is 1. The normalized spacial score (nSPS) is 17.7. The van der Waals surface area contributed by atoms with Gasteiger partial charge < -0.3 is 5.32 Å². The summed E-state index contributed by atoms with van der Waals surface area (Å²) in [5.41, 5.74) is 0.548. The third-order valence-electron chi connectivity index (χ3n) is 4.97. The van der Waals surface area contributed by atoms with Crippen LogP contribution in [0, 0.1) is 28.8 Å². The van der Waals surface area contributed by atoms with E-state index in [1.807, 2.05) is 0 Å². The molecule has 1 saturated heterocycles. The van der Waals surface area contributed by atoms with E-state index in [2.05, 4.69) is 5.32 Å². The highest BCUT2D eigenvalue weighted by atomic mass is 32.2. The molecule has 154 valence electrons. The van der Waals surface area contributed by atoms with E-state index in [0.29, 0.717) is 24.1 Å². The first-order chi connectivity index (χ1) is 13.7. The van der Waals surface area contributed by atoms with Gasteiger partial charge >= 0.3 is 0 Å². The number of amides is 1. The molecule has 0 unspecified atom stereocenters. The molecule has 3 rings (SSSR count). The first-order valence-electron chi connectivity index (χ1n) is 9.00. The van der Waals surface area contributed by atoms with Gasteiger partial charge in [-0.25, -0.2) is 12.8 Å². The molecule has 0 aromatic heterocycles. The third kappa shape index (κ3) is 4.43. The minimum Gasteiger partial charge on any atom is -0.325 e. The van der Waals surface area contributed by atoms with Gasteiger partial charge in [-0.2, -0.15) is 4.31 Å². The van der Waals surface area contributed by atoms with Crippen molar-refractivity contribution in [3.05, 3.63) is 64.0 Å². The predicted octanol–water partition coefficient (Wildman–Crippen LogP) is 3.08.